The predicted octanol–water partition coefficient (Wildman–Crippen LogP) is 1.41. The van der Waals surface area contributed by atoms with Crippen LogP contribution in [0.3, 0.4) is 0 Å². The average Bonchev–Trinajstić information content (AvgIpc) is 3.06. The first-order valence-electron chi connectivity index (χ1n) is 6.91. The summed E-state index contributed by atoms with van der Waals surface area (Å²) in [5, 5.41) is 0. The van der Waals surface area contributed by atoms with Crippen LogP contribution in [0.4, 0.5) is 0 Å². The highest BCUT2D eigenvalue weighted by Gasteiger charge is 2.20. The average molecular weight is 285 g/mol. The summed E-state index contributed by atoms with van der Waals surface area (Å²) in [4.78, 5) is 33.8. The number of esters is 1. The molecule has 0 unspecified atom stereocenters. The van der Waals surface area contributed by atoms with Crippen molar-refractivity contribution >= 4 is 22.9 Å². The Kier molecular flexibility index (Phi) is 3.77. The lowest BCUT2D eigenvalue weighted by Crippen LogP contribution is -2.32. The molecule has 0 saturated carbocycles. The Morgan fingerprint density at radius 2 is 1.86 bits per heavy atom. The highest BCUT2D eigenvalue weighted by atomic mass is 16.5. The summed E-state index contributed by atoms with van der Waals surface area (Å²) in [6, 6.07) is 7.26. The number of fused-ring (bicyclic) bond motifs is 1. The molecule has 1 amide bonds. The van der Waals surface area contributed by atoms with E-state index in [0.717, 1.165) is 25.9 Å². The van der Waals surface area contributed by atoms with Crippen LogP contribution in [0.2, 0.25) is 0 Å². The van der Waals surface area contributed by atoms with Crippen molar-refractivity contribution in [2.75, 3.05) is 19.7 Å². The van der Waals surface area contributed by atoms with Gasteiger partial charge in [0.25, 0.3) is 5.91 Å². The van der Waals surface area contributed by atoms with Crippen LogP contribution < -0.4 is 0 Å². The summed E-state index contributed by atoms with van der Waals surface area (Å²) < 4.78 is 5.02. The van der Waals surface area contributed by atoms with E-state index in [0.29, 0.717) is 11.0 Å². The monoisotopic (exact) mass is 285 g/mol. The number of nitrogens with zero attached hydrogens (tertiary/aromatic N) is 3. The van der Waals surface area contributed by atoms with Gasteiger partial charge < -0.3 is 9.64 Å². The van der Waals surface area contributed by atoms with Crippen LogP contribution in [0.5, 0.6) is 0 Å². The summed E-state index contributed by atoms with van der Waals surface area (Å²) in [5.74, 6) is -0.782. The van der Waals surface area contributed by atoms with E-state index >= 15 is 0 Å². The zero-order valence-electron chi connectivity index (χ0n) is 11.5. The van der Waals surface area contributed by atoms with E-state index < -0.39 is 5.97 Å². The molecule has 0 N–H and O–H groups in total. The number of benzene rings is 1. The largest absolute Gasteiger partial charge is 0.451 e. The maximum Gasteiger partial charge on any atom is 0.359 e. The molecule has 0 bridgehead atoms. The van der Waals surface area contributed by atoms with Gasteiger partial charge in [-0.05, 0) is 25.0 Å². The zero-order valence-corrected chi connectivity index (χ0v) is 11.5. The van der Waals surface area contributed by atoms with Crippen LogP contribution in [-0.4, -0.2) is 46.4 Å². The molecule has 21 heavy (non-hydrogen) atoms. The summed E-state index contributed by atoms with van der Waals surface area (Å²) in [6.07, 6.45) is 3.39. The molecule has 1 aliphatic rings. The normalized spacial score (nSPS) is 14.4. The second-order valence-electron chi connectivity index (χ2n) is 4.91. The van der Waals surface area contributed by atoms with Gasteiger partial charge in [-0.1, -0.05) is 12.1 Å². The van der Waals surface area contributed by atoms with Gasteiger partial charge in [-0.3, -0.25) is 9.78 Å². The van der Waals surface area contributed by atoms with Crippen molar-refractivity contribution in [2.45, 2.75) is 12.8 Å². The Bertz CT molecular complexity index is 681. The van der Waals surface area contributed by atoms with Gasteiger partial charge in [0.15, 0.2) is 12.3 Å². The van der Waals surface area contributed by atoms with Crippen LogP contribution in [-0.2, 0) is 9.53 Å². The number of hydrogen-bond donors (Lipinski definition) is 0. The zero-order chi connectivity index (χ0) is 14.7. The molecule has 1 saturated heterocycles. The molecule has 6 nitrogen and oxygen atoms in total. The van der Waals surface area contributed by atoms with Crippen molar-refractivity contribution in [3.05, 3.63) is 36.2 Å². The lowest BCUT2D eigenvalue weighted by molar-refractivity contribution is -0.133. The smallest absolute Gasteiger partial charge is 0.359 e. The second-order valence-corrected chi connectivity index (χ2v) is 4.91. The summed E-state index contributed by atoms with van der Waals surface area (Å²) in [7, 11) is 0. The molecule has 0 radical (unpaired) electrons. The van der Waals surface area contributed by atoms with Gasteiger partial charge in [-0.2, -0.15) is 0 Å². The van der Waals surface area contributed by atoms with Crippen LogP contribution in [0.1, 0.15) is 23.3 Å². The third kappa shape index (κ3) is 2.99. The molecule has 1 aliphatic heterocycles. The molecule has 108 valence electrons. The maximum atomic E-state index is 11.9. The van der Waals surface area contributed by atoms with Gasteiger partial charge in [0.1, 0.15) is 0 Å². The molecular weight excluding hydrogens is 270 g/mol. The number of ether oxygens (including phenoxy) is 1. The molecular formula is C15H15N3O3. The number of rotatable bonds is 3. The maximum absolute atomic E-state index is 11.9. The number of hydrogen-bond acceptors (Lipinski definition) is 5. The molecule has 2 heterocycles. The highest BCUT2D eigenvalue weighted by Crippen LogP contribution is 2.10. The fraction of sp³-hybridized carbons (Fsp3) is 0.333. The van der Waals surface area contributed by atoms with Crippen molar-refractivity contribution in [1.82, 2.24) is 14.9 Å². The molecule has 2 aromatic rings. The Morgan fingerprint density at radius 3 is 2.62 bits per heavy atom. The van der Waals surface area contributed by atoms with Gasteiger partial charge in [0.05, 0.1) is 17.2 Å². The number of para-hydroxylation sites is 2. The minimum atomic E-state index is -0.624. The molecule has 0 aliphatic carbocycles. The minimum absolute atomic E-state index is 0.114. The number of likely N-dealkylation sites (tertiary alicyclic amines) is 1. The molecule has 0 spiro atoms. The first-order chi connectivity index (χ1) is 10.2. The first kappa shape index (κ1) is 13.5. The fourth-order valence-electron chi connectivity index (χ4n) is 2.31. The molecule has 1 aromatic carbocycles. The fourth-order valence-corrected chi connectivity index (χ4v) is 2.31. The van der Waals surface area contributed by atoms with Crippen LogP contribution in [0, 0.1) is 0 Å². The molecule has 6 heteroatoms. The number of amides is 1. The molecule has 1 aromatic heterocycles. The van der Waals surface area contributed by atoms with Crippen LogP contribution in [0.15, 0.2) is 30.5 Å². The summed E-state index contributed by atoms with van der Waals surface area (Å²) >= 11 is 0. The standard InChI is InChI=1S/C15H15N3O3/c19-14(18-7-3-4-8-18)10-21-15(20)13-9-16-11-5-1-2-6-12(11)17-13/h1-2,5-6,9H,3-4,7-8,10H2. The third-order valence-corrected chi connectivity index (χ3v) is 3.44. The van der Waals surface area contributed by atoms with E-state index in [-0.39, 0.29) is 18.2 Å². The van der Waals surface area contributed by atoms with E-state index in [4.69, 9.17) is 4.74 Å². The van der Waals surface area contributed by atoms with Crippen molar-refractivity contribution < 1.29 is 14.3 Å². The van der Waals surface area contributed by atoms with Gasteiger partial charge in [0.2, 0.25) is 0 Å². The molecule has 3 rings (SSSR count). The Hall–Kier alpha value is -2.50. The Morgan fingerprint density at radius 1 is 1.14 bits per heavy atom. The third-order valence-electron chi connectivity index (χ3n) is 3.44. The number of carbonyl (C=O) groups excluding carboxylic acids is 2. The van der Waals surface area contributed by atoms with E-state index in [1.807, 2.05) is 18.2 Å². The van der Waals surface area contributed by atoms with Gasteiger partial charge in [-0.25, -0.2) is 9.78 Å². The SMILES string of the molecule is O=C(OCC(=O)N1CCCC1)c1cnc2ccccc2n1. The molecule has 0 atom stereocenters. The quantitative estimate of drug-likeness (QED) is 0.797. The van der Waals surface area contributed by atoms with Gasteiger partial charge in [-0.15, -0.1) is 0 Å². The van der Waals surface area contributed by atoms with Crippen LogP contribution >= 0.6 is 0 Å². The van der Waals surface area contributed by atoms with Gasteiger partial charge >= 0.3 is 5.97 Å². The van der Waals surface area contributed by atoms with E-state index in [1.54, 1.807) is 11.0 Å². The Balaban J connectivity index is 1.64. The Labute approximate surface area is 121 Å². The van der Waals surface area contributed by atoms with Gasteiger partial charge in [0, 0.05) is 13.1 Å². The van der Waals surface area contributed by atoms with E-state index in [2.05, 4.69) is 9.97 Å². The summed E-state index contributed by atoms with van der Waals surface area (Å²) in [6.45, 7) is 1.24. The minimum Gasteiger partial charge on any atom is -0.451 e. The lowest BCUT2D eigenvalue weighted by Gasteiger charge is -2.14. The van der Waals surface area contributed by atoms with Crippen molar-refractivity contribution in [3.8, 4) is 0 Å². The van der Waals surface area contributed by atoms with Crippen LogP contribution in [0.25, 0.3) is 11.0 Å². The topological polar surface area (TPSA) is 72.4 Å². The van der Waals surface area contributed by atoms with Crippen molar-refractivity contribution in [3.63, 3.8) is 0 Å². The first-order valence-corrected chi connectivity index (χ1v) is 6.91. The molecule has 1 fully saturated rings. The number of carbonyl (C=O) groups is 2. The van der Waals surface area contributed by atoms with E-state index in [9.17, 15) is 9.59 Å². The van der Waals surface area contributed by atoms with Crippen molar-refractivity contribution in [1.29, 1.82) is 0 Å². The van der Waals surface area contributed by atoms with Crippen molar-refractivity contribution in [2.24, 2.45) is 0 Å². The summed E-state index contributed by atoms with van der Waals surface area (Å²) in [5.41, 5.74) is 1.45. The van der Waals surface area contributed by atoms with E-state index in [1.165, 1.54) is 6.20 Å². The number of aromatic nitrogens is 2. The highest BCUT2D eigenvalue weighted by molar-refractivity contribution is 5.91. The predicted molar refractivity (Wildman–Crippen MR) is 75.6 cm³/mol. The lowest BCUT2D eigenvalue weighted by atomic mass is 10.3. The second kappa shape index (κ2) is 5.87.